The topological polar surface area (TPSA) is 56.8 Å². The summed E-state index contributed by atoms with van der Waals surface area (Å²) in [5.74, 6) is 2.76. The van der Waals surface area contributed by atoms with Crippen LogP contribution in [0.4, 0.5) is 8.78 Å². The maximum atomic E-state index is 12.6. The molecule has 0 aliphatic heterocycles. The van der Waals surface area contributed by atoms with E-state index in [0.717, 1.165) is 5.56 Å². The standard InChI is InChI=1S/C22H19Cl2F2NO4/c1-3-10-30-19-7-4-14(11-20(19)29-2)8-9-27-21(28)16(13-31-22(25)26)15-5-6-17(23)18(24)12-15/h1,4-7,11-13,22H,8-10H2,2H3,(H,27,28)/b16-13+. The van der Waals surface area contributed by atoms with E-state index in [1.54, 1.807) is 18.2 Å². The smallest absolute Gasteiger partial charge is 0.386 e. The van der Waals surface area contributed by atoms with Crippen LogP contribution >= 0.6 is 23.2 Å². The van der Waals surface area contributed by atoms with E-state index in [0.29, 0.717) is 24.2 Å². The zero-order valence-electron chi connectivity index (χ0n) is 16.5. The monoisotopic (exact) mass is 469 g/mol. The molecule has 164 valence electrons. The highest BCUT2D eigenvalue weighted by Gasteiger charge is 2.15. The van der Waals surface area contributed by atoms with Crippen LogP contribution in [0.15, 0.2) is 42.7 Å². The minimum atomic E-state index is -3.08. The molecule has 2 aromatic rings. The van der Waals surface area contributed by atoms with E-state index in [1.807, 2.05) is 0 Å². The number of hydrogen-bond acceptors (Lipinski definition) is 4. The first-order chi connectivity index (χ1) is 14.8. The predicted octanol–water partition coefficient (Wildman–Crippen LogP) is 4.95. The molecule has 0 atom stereocenters. The number of carbonyl (C=O) groups excluding carboxylic acids is 1. The second-order valence-corrected chi connectivity index (χ2v) is 6.86. The summed E-state index contributed by atoms with van der Waals surface area (Å²) in [5.41, 5.74) is 1.02. The third-order valence-electron chi connectivity index (χ3n) is 4.00. The van der Waals surface area contributed by atoms with Crippen molar-refractivity contribution in [2.75, 3.05) is 20.3 Å². The highest BCUT2D eigenvalue weighted by Crippen LogP contribution is 2.28. The first kappa shape index (κ1) is 24.3. The van der Waals surface area contributed by atoms with E-state index in [-0.39, 0.29) is 34.3 Å². The number of amides is 1. The summed E-state index contributed by atoms with van der Waals surface area (Å²) in [4.78, 5) is 12.6. The van der Waals surface area contributed by atoms with Crippen LogP contribution in [0.25, 0.3) is 5.57 Å². The molecular weight excluding hydrogens is 451 g/mol. The van der Waals surface area contributed by atoms with Gasteiger partial charge >= 0.3 is 6.61 Å². The third-order valence-corrected chi connectivity index (χ3v) is 4.74. The number of methoxy groups -OCH3 is 1. The number of nitrogens with one attached hydrogen (secondary N) is 1. The SMILES string of the molecule is C#CCOc1ccc(CCNC(=O)/C(=C/OC(F)F)c2ccc(Cl)c(Cl)c2)cc1OC. The molecule has 0 spiro atoms. The van der Waals surface area contributed by atoms with Crippen molar-refractivity contribution in [1.29, 1.82) is 0 Å². The van der Waals surface area contributed by atoms with Crippen molar-refractivity contribution in [3.63, 3.8) is 0 Å². The molecule has 1 N–H and O–H groups in total. The average Bonchev–Trinajstić information content (AvgIpc) is 2.75. The van der Waals surface area contributed by atoms with E-state index in [4.69, 9.17) is 39.1 Å². The molecule has 0 heterocycles. The number of halogens is 4. The van der Waals surface area contributed by atoms with Gasteiger partial charge in [-0.15, -0.1) is 6.42 Å². The molecule has 0 aromatic heterocycles. The number of ether oxygens (including phenoxy) is 3. The Morgan fingerprint density at radius 2 is 1.97 bits per heavy atom. The third kappa shape index (κ3) is 7.35. The molecule has 31 heavy (non-hydrogen) atoms. The molecule has 0 saturated heterocycles. The molecule has 0 aliphatic carbocycles. The maximum absolute atomic E-state index is 12.6. The minimum Gasteiger partial charge on any atom is -0.493 e. The normalized spacial score (nSPS) is 11.1. The van der Waals surface area contributed by atoms with Crippen LogP contribution in [0.5, 0.6) is 11.5 Å². The maximum Gasteiger partial charge on any atom is 0.386 e. The van der Waals surface area contributed by atoms with Gasteiger partial charge in [0.1, 0.15) is 12.9 Å². The average molecular weight is 470 g/mol. The number of terminal acetylenes is 1. The zero-order chi connectivity index (χ0) is 22.8. The van der Waals surface area contributed by atoms with Gasteiger partial charge < -0.3 is 19.5 Å². The fourth-order valence-corrected chi connectivity index (χ4v) is 2.86. The lowest BCUT2D eigenvalue weighted by Crippen LogP contribution is -2.27. The summed E-state index contributed by atoms with van der Waals surface area (Å²) in [7, 11) is 1.50. The van der Waals surface area contributed by atoms with Crippen molar-refractivity contribution in [3.8, 4) is 23.8 Å². The van der Waals surface area contributed by atoms with Gasteiger partial charge in [0.05, 0.1) is 22.7 Å². The fraction of sp³-hybridized carbons (Fsp3) is 0.227. The Bertz CT molecular complexity index is 990. The lowest BCUT2D eigenvalue weighted by molar-refractivity contribution is -0.116. The number of alkyl halides is 2. The fourth-order valence-electron chi connectivity index (χ4n) is 2.56. The van der Waals surface area contributed by atoms with Gasteiger partial charge in [-0.1, -0.05) is 41.3 Å². The van der Waals surface area contributed by atoms with Gasteiger partial charge in [0, 0.05) is 6.54 Å². The first-order valence-electron chi connectivity index (χ1n) is 8.96. The largest absolute Gasteiger partial charge is 0.493 e. The molecule has 2 aromatic carbocycles. The molecule has 0 unspecified atom stereocenters. The van der Waals surface area contributed by atoms with E-state index in [1.165, 1.54) is 25.3 Å². The lowest BCUT2D eigenvalue weighted by atomic mass is 10.1. The Hall–Kier alpha value is -2.95. The van der Waals surface area contributed by atoms with Crippen LogP contribution in [0.2, 0.25) is 10.0 Å². The van der Waals surface area contributed by atoms with Gasteiger partial charge in [-0.2, -0.15) is 8.78 Å². The lowest BCUT2D eigenvalue weighted by Gasteiger charge is -2.12. The number of hydrogen-bond donors (Lipinski definition) is 1. The Morgan fingerprint density at radius 3 is 2.61 bits per heavy atom. The summed E-state index contributed by atoms with van der Waals surface area (Å²) in [6.07, 6.45) is 6.33. The molecular formula is C22H19Cl2F2NO4. The number of rotatable bonds is 10. The van der Waals surface area contributed by atoms with Gasteiger partial charge in [-0.25, -0.2) is 0 Å². The second kappa shape index (κ2) is 12.0. The van der Waals surface area contributed by atoms with Gasteiger partial charge in [0.15, 0.2) is 11.5 Å². The summed E-state index contributed by atoms with van der Waals surface area (Å²) >= 11 is 11.8. The molecule has 0 bridgehead atoms. The van der Waals surface area contributed by atoms with Crippen LogP contribution in [0.1, 0.15) is 11.1 Å². The molecule has 0 radical (unpaired) electrons. The van der Waals surface area contributed by atoms with Crippen molar-refractivity contribution in [3.05, 3.63) is 63.8 Å². The van der Waals surface area contributed by atoms with Crippen LogP contribution < -0.4 is 14.8 Å². The molecule has 0 fully saturated rings. The van der Waals surface area contributed by atoms with Crippen molar-refractivity contribution >= 4 is 34.7 Å². The Labute approximate surface area is 188 Å². The van der Waals surface area contributed by atoms with E-state index < -0.39 is 12.5 Å². The first-order valence-corrected chi connectivity index (χ1v) is 9.72. The van der Waals surface area contributed by atoms with Crippen LogP contribution in [-0.2, 0) is 16.0 Å². The zero-order valence-corrected chi connectivity index (χ0v) is 18.0. The molecule has 0 saturated carbocycles. The van der Waals surface area contributed by atoms with Gasteiger partial charge in [-0.3, -0.25) is 4.79 Å². The molecule has 2 rings (SSSR count). The van der Waals surface area contributed by atoms with Crippen LogP contribution in [0.3, 0.4) is 0 Å². The molecule has 1 amide bonds. The Kier molecular flexibility index (Phi) is 9.44. The van der Waals surface area contributed by atoms with Crippen LogP contribution in [-0.4, -0.2) is 32.8 Å². The molecule has 5 nitrogen and oxygen atoms in total. The van der Waals surface area contributed by atoms with E-state index in [2.05, 4.69) is 16.0 Å². The summed E-state index contributed by atoms with van der Waals surface area (Å²) in [5, 5.41) is 3.11. The second-order valence-electron chi connectivity index (χ2n) is 6.04. The Balaban J connectivity index is 2.08. The van der Waals surface area contributed by atoms with Gasteiger partial charge in [0.25, 0.3) is 5.91 Å². The molecule has 0 aliphatic rings. The summed E-state index contributed by atoms with van der Waals surface area (Å²) in [6.45, 7) is -2.75. The number of benzene rings is 2. The van der Waals surface area contributed by atoms with Crippen molar-refractivity contribution in [1.82, 2.24) is 5.32 Å². The quantitative estimate of drug-likeness (QED) is 0.303. The van der Waals surface area contributed by atoms with Crippen molar-refractivity contribution in [2.24, 2.45) is 0 Å². The Morgan fingerprint density at radius 1 is 1.19 bits per heavy atom. The summed E-state index contributed by atoms with van der Waals surface area (Å²) < 4.78 is 39.9. The van der Waals surface area contributed by atoms with Crippen molar-refractivity contribution < 1.29 is 27.8 Å². The highest BCUT2D eigenvalue weighted by atomic mass is 35.5. The highest BCUT2D eigenvalue weighted by molar-refractivity contribution is 6.42. The van der Waals surface area contributed by atoms with E-state index >= 15 is 0 Å². The van der Waals surface area contributed by atoms with Crippen LogP contribution in [0, 0.1) is 12.3 Å². The van der Waals surface area contributed by atoms with Gasteiger partial charge in [0.2, 0.25) is 0 Å². The van der Waals surface area contributed by atoms with Gasteiger partial charge in [-0.05, 0) is 41.8 Å². The number of carbonyl (C=O) groups is 1. The molecule has 9 heteroatoms. The predicted molar refractivity (Wildman–Crippen MR) is 116 cm³/mol. The van der Waals surface area contributed by atoms with E-state index in [9.17, 15) is 13.6 Å². The summed E-state index contributed by atoms with van der Waals surface area (Å²) in [6, 6.07) is 9.60. The minimum absolute atomic E-state index is 0.107. The van der Waals surface area contributed by atoms with Crippen molar-refractivity contribution in [2.45, 2.75) is 13.0 Å².